The number of carbonyl (C=O) groups is 1. The summed E-state index contributed by atoms with van der Waals surface area (Å²) in [7, 11) is 1.40. The van der Waals surface area contributed by atoms with Gasteiger partial charge in [-0.25, -0.2) is 0 Å². The van der Waals surface area contributed by atoms with Crippen molar-refractivity contribution < 1.29 is 9.53 Å². The van der Waals surface area contributed by atoms with Gasteiger partial charge in [0, 0.05) is 0 Å². The van der Waals surface area contributed by atoms with Crippen LogP contribution in [0.5, 0.6) is 0 Å². The van der Waals surface area contributed by atoms with Gasteiger partial charge in [-0.05, 0) is 30.7 Å². The van der Waals surface area contributed by atoms with Crippen molar-refractivity contribution in [3.05, 3.63) is 35.9 Å². The molecule has 1 aromatic rings. The molecule has 1 aromatic carbocycles. The number of rotatable bonds is 6. The third kappa shape index (κ3) is 4.15. The summed E-state index contributed by atoms with van der Waals surface area (Å²) in [5.74, 6) is 0.0528. The second-order valence-corrected chi connectivity index (χ2v) is 5.23. The van der Waals surface area contributed by atoms with Crippen molar-refractivity contribution in [3.63, 3.8) is 0 Å². The van der Waals surface area contributed by atoms with Crippen LogP contribution in [0, 0.1) is 5.92 Å². The van der Waals surface area contributed by atoms with Crippen LogP contribution >= 0.6 is 0 Å². The molecule has 3 nitrogen and oxygen atoms in total. The molecule has 0 saturated heterocycles. The minimum Gasteiger partial charge on any atom is -0.468 e. The van der Waals surface area contributed by atoms with Crippen LogP contribution in [0.15, 0.2) is 30.3 Å². The predicted molar refractivity (Wildman–Crippen MR) is 73.2 cm³/mol. The van der Waals surface area contributed by atoms with E-state index >= 15 is 0 Å². The Bertz CT molecular complexity index is 375. The van der Waals surface area contributed by atoms with Gasteiger partial charge in [0.05, 0.1) is 7.11 Å². The minimum atomic E-state index is -0.876. The van der Waals surface area contributed by atoms with Crippen molar-refractivity contribution in [1.29, 1.82) is 0 Å². The van der Waals surface area contributed by atoms with Gasteiger partial charge in [0.1, 0.15) is 5.54 Å². The lowest BCUT2D eigenvalue weighted by Gasteiger charge is -2.28. The second-order valence-electron chi connectivity index (χ2n) is 5.23. The SMILES string of the molecule is COC(=O)[C@@](N)(CCc1ccccc1)CC(C)C. The van der Waals surface area contributed by atoms with E-state index in [0.29, 0.717) is 18.8 Å². The third-order valence-corrected chi connectivity index (χ3v) is 3.07. The monoisotopic (exact) mass is 249 g/mol. The first-order valence-electron chi connectivity index (χ1n) is 6.39. The summed E-state index contributed by atoms with van der Waals surface area (Å²) >= 11 is 0. The van der Waals surface area contributed by atoms with Gasteiger partial charge in [-0.1, -0.05) is 44.2 Å². The lowest BCUT2D eigenvalue weighted by Crippen LogP contribution is -2.50. The molecule has 0 fully saturated rings. The topological polar surface area (TPSA) is 52.3 Å². The van der Waals surface area contributed by atoms with Crippen molar-refractivity contribution in [2.75, 3.05) is 7.11 Å². The highest BCUT2D eigenvalue weighted by molar-refractivity contribution is 5.80. The number of nitrogens with two attached hydrogens (primary N) is 1. The highest BCUT2D eigenvalue weighted by Crippen LogP contribution is 2.22. The molecule has 0 bridgehead atoms. The summed E-state index contributed by atoms with van der Waals surface area (Å²) in [5.41, 5.74) is 6.54. The molecule has 0 spiro atoms. The van der Waals surface area contributed by atoms with E-state index in [-0.39, 0.29) is 5.97 Å². The largest absolute Gasteiger partial charge is 0.468 e. The van der Waals surface area contributed by atoms with Crippen molar-refractivity contribution in [2.45, 2.75) is 38.6 Å². The normalized spacial score (nSPS) is 14.3. The molecule has 0 saturated carbocycles. The molecule has 0 radical (unpaired) electrons. The second kappa shape index (κ2) is 6.55. The smallest absolute Gasteiger partial charge is 0.325 e. The summed E-state index contributed by atoms with van der Waals surface area (Å²) in [5, 5.41) is 0. The van der Waals surface area contributed by atoms with Crippen molar-refractivity contribution in [2.24, 2.45) is 11.7 Å². The van der Waals surface area contributed by atoms with E-state index in [1.54, 1.807) is 0 Å². The molecule has 100 valence electrons. The molecule has 2 N–H and O–H groups in total. The molecule has 0 aromatic heterocycles. The fraction of sp³-hybridized carbons (Fsp3) is 0.533. The maximum atomic E-state index is 11.8. The Kier molecular flexibility index (Phi) is 5.35. The number of carbonyl (C=O) groups excluding carboxylic acids is 1. The van der Waals surface area contributed by atoms with Gasteiger partial charge in [-0.3, -0.25) is 4.79 Å². The van der Waals surface area contributed by atoms with Crippen LogP contribution in [0.25, 0.3) is 0 Å². The Balaban J connectivity index is 2.70. The first-order valence-corrected chi connectivity index (χ1v) is 6.39. The van der Waals surface area contributed by atoms with Gasteiger partial charge in [-0.15, -0.1) is 0 Å². The molecular formula is C15H23NO2. The molecule has 0 unspecified atom stereocenters. The highest BCUT2D eigenvalue weighted by Gasteiger charge is 2.35. The Labute approximate surface area is 109 Å². The van der Waals surface area contributed by atoms with E-state index < -0.39 is 5.54 Å². The molecule has 1 rings (SSSR count). The van der Waals surface area contributed by atoms with Gasteiger partial charge in [0.2, 0.25) is 0 Å². The first-order chi connectivity index (χ1) is 8.48. The maximum absolute atomic E-state index is 11.8. The first kappa shape index (κ1) is 14.7. The highest BCUT2D eigenvalue weighted by atomic mass is 16.5. The number of aryl methyl sites for hydroxylation is 1. The van der Waals surface area contributed by atoms with Crippen LogP contribution in [0.2, 0.25) is 0 Å². The minimum absolute atomic E-state index is 0.313. The Morgan fingerprint density at radius 2 is 1.94 bits per heavy atom. The quantitative estimate of drug-likeness (QED) is 0.788. The standard InChI is InChI=1S/C15H23NO2/c1-12(2)11-15(16,14(17)18-3)10-9-13-7-5-4-6-8-13/h4-8,12H,9-11,16H2,1-3H3/t15-/m1/s1. The molecule has 0 amide bonds. The number of hydrogen-bond acceptors (Lipinski definition) is 3. The zero-order valence-electron chi connectivity index (χ0n) is 11.5. The molecule has 3 heteroatoms. The Morgan fingerprint density at radius 1 is 1.33 bits per heavy atom. The average Bonchev–Trinajstić information content (AvgIpc) is 2.36. The van der Waals surface area contributed by atoms with E-state index in [9.17, 15) is 4.79 Å². The van der Waals surface area contributed by atoms with Crippen LogP contribution in [0.4, 0.5) is 0 Å². The van der Waals surface area contributed by atoms with E-state index in [1.807, 2.05) is 30.3 Å². The van der Waals surface area contributed by atoms with Gasteiger partial charge in [0.15, 0.2) is 0 Å². The summed E-state index contributed by atoms with van der Waals surface area (Å²) < 4.78 is 4.84. The summed E-state index contributed by atoms with van der Waals surface area (Å²) in [4.78, 5) is 11.8. The van der Waals surface area contributed by atoms with Crippen LogP contribution in [-0.2, 0) is 16.0 Å². The number of hydrogen-bond donors (Lipinski definition) is 1. The zero-order chi connectivity index (χ0) is 13.6. The van der Waals surface area contributed by atoms with Gasteiger partial charge in [0.25, 0.3) is 0 Å². The van der Waals surface area contributed by atoms with Crippen LogP contribution in [0.1, 0.15) is 32.3 Å². The summed E-state index contributed by atoms with van der Waals surface area (Å²) in [6.07, 6.45) is 2.05. The molecule has 0 heterocycles. The number of ether oxygens (including phenoxy) is 1. The van der Waals surface area contributed by atoms with Crippen molar-refractivity contribution in [1.82, 2.24) is 0 Å². The number of esters is 1. The van der Waals surface area contributed by atoms with Crippen LogP contribution in [-0.4, -0.2) is 18.6 Å². The summed E-state index contributed by atoms with van der Waals surface area (Å²) in [6.45, 7) is 4.13. The number of methoxy groups -OCH3 is 1. The molecular weight excluding hydrogens is 226 g/mol. The third-order valence-electron chi connectivity index (χ3n) is 3.07. The Hall–Kier alpha value is -1.35. The van der Waals surface area contributed by atoms with E-state index in [2.05, 4.69) is 13.8 Å². The van der Waals surface area contributed by atoms with Gasteiger partial charge >= 0.3 is 5.97 Å². The summed E-state index contributed by atoms with van der Waals surface area (Å²) in [6, 6.07) is 10.1. The molecule has 0 aliphatic heterocycles. The van der Waals surface area contributed by atoms with Crippen LogP contribution < -0.4 is 5.73 Å². The lowest BCUT2D eigenvalue weighted by molar-refractivity contribution is -0.148. The fourth-order valence-corrected chi connectivity index (χ4v) is 2.23. The van der Waals surface area contributed by atoms with Gasteiger partial charge < -0.3 is 10.5 Å². The van der Waals surface area contributed by atoms with E-state index in [1.165, 1.54) is 12.7 Å². The molecule has 0 aliphatic rings. The van der Waals surface area contributed by atoms with Crippen molar-refractivity contribution in [3.8, 4) is 0 Å². The maximum Gasteiger partial charge on any atom is 0.325 e. The predicted octanol–water partition coefficient (Wildman–Crippen LogP) is 2.54. The van der Waals surface area contributed by atoms with Gasteiger partial charge in [-0.2, -0.15) is 0 Å². The van der Waals surface area contributed by atoms with E-state index in [0.717, 1.165) is 6.42 Å². The molecule has 1 atom stereocenters. The molecule has 0 aliphatic carbocycles. The Morgan fingerprint density at radius 3 is 2.44 bits per heavy atom. The fourth-order valence-electron chi connectivity index (χ4n) is 2.23. The van der Waals surface area contributed by atoms with Crippen LogP contribution in [0.3, 0.4) is 0 Å². The molecule has 18 heavy (non-hydrogen) atoms. The zero-order valence-corrected chi connectivity index (χ0v) is 11.5. The van der Waals surface area contributed by atoms with Crippen molar-refractivity contribution >= 4 is 5.97 Å². The average molecular weight is 249 g/mol. The lowest BCUT2D eigenvalue weighted by atomic mass is 9.84. The number of benzene rings is 1. The van der Waals surface area contributed by atoms with E-state index in [4.69, 9.17) is 10.5 Å².